The van der Waals surface area contributed by atoms with Gasteiger partial charge in [-0.3, -0.25) is 0 Å². The molecule has 0 amide bonds. The maximum atomic E-state index is 4.92. The molecule has 1 unspecified atom stereocenters. The number of rotatable bonds is 5. The van der Waals surface area contributed by atoms with Crippen LogP contribution in [0.25, 0.3) is 0 Å². The van der Waals surface area contributed by atoms with Gasteiger partial charge in [-0.25, -0.2) is 0 Å². The summed E-state index contributed by atoms with van der Waals surface area (Å²) in [5.41, 5.74) is 1.02. The topological polar surface area (TPSA) is 21.3 Å². The molecule has 0 aliphatic rings. The van der Waals surface area contributed by atoms with Crippen LogP contribution in [0.15, 0.2) is 12.3 Å². The van der Waals surface area contributed by atoms with E-state index in [0.717, 1.165) is 18.7 Å². The quantitative estimate of drug-likeness (QED) is 0.630. The predicted molar refractivity (Wildman–Crippen MR) is 43.9 cm³/mol. The van der Waals surface area contributed by atoms with Crippen molar-refractivity contribution in [2.45, 2.75) is 26.3 Å². The lowest BCUT2D eigenvalue weighted by molar-refractivity contribution is 0.186. The molecule has 0 aromatic rings. The van der Waals surface area contributed by atoms with E-state index in [9.17, 15) is 0 Å². The van der Waals surface area contributed by atoms with Gasteiger partial charge in [0.15, 0.2) is 0 Å². The summed E-state index contributed by atoms with van der Waals surface area (Å²) in [6.07, 6.45) is 1.03. The van der Waals surface area contributed by atoms with E-state index in [1.165, 1.54) is 0 Å². The summed E-state index contributed by atoms with van der Waals surface area (Å²) in [6.45, 7) is 8.64. The Morgan fingerprint density at radius 1 is 1.70 bits per heavy atom. The molecule has 0 fully saturated rings. The summed E-state index contributed by atoms with van der Waals surface area (Å²) < 4.78 is 4.92. The van der Waals surface area contributed by atoms with Crippen LogP contribution in [0.4, 0.5) is 0 Å². The number of methoxy groups -OCH3 is 1. The van der Waals surface area contributed by atoms with Crippen molar-refractivity contribution < 1.29 is 4.74 Å². The summed E-state index contributed by atoms with van der Waals surface area (Å²) in [5, 5.41) is 3.20. The summed E-state index contributed by atoms with van der Waals surface area (Å²) in [7, 11) is 1.72. The molecule has 0 aromatic carbocycles. The van der Waals surface area contributed by atoms with E-state index in [1.807, 2.05) is 6.92 Å². The molecule has 0 aliphatic carbocycles. The van der Waals surface area contributed by atoms with E-state index in [4.69, 9.17) is 4.74 Å². The average molecular weight is 143 g/mol. The molecule has 0 aromatic heterocycles. The fourth-order valence-corrected chi connectivity index (χ4v) is 0.787. The average Bonchev–Trinajstić information content (AvgIpc) is 1.82. The van der Waals surface area contributed by atoms with Crippen LogP contribution in [-0.2, 0) is 4.74 Å². The highest BCUT2D eigenvalue weighted by molar-refractivity contribution is 4.86. The number of ether oxygens (including phenoxy) is 1. The van der Waals surface area contributed by atoms with Crippen LogP contribution in [0, 0.1) is 0 Å². The first-order chi connectivity index (χ1) is 4.66. The molecule has 0 heterocycles. The van der Waals surface area contributed by atoms with Gasteiger partial charge in [0.1, 0.15) is 0 Å². The lowest BCUT2D eigenvalue weighted by Gasteiger charge is -2.13. The van der Waals surface area contributed by atoms with Gasteiger partial charge < -0.3 is 10.1 Å². The Morgan fingerprint density at radius 2 is 2.30 bits per heavy atom. The van der Waals surface area contributed by atoms with E-state index >= 15 is 0 Å². The van der Waals surface area contributed by atoms with E-state index in [2.05, 4.69) is 18.8 Å². The molecule has 1 atom stereocenters. The molecule has 0 radical (unpaired) electrons. The third kappa shape index (κ3) is 5.63. The maximum absolute atomic E-state index is 4.92. The Morgan fingerprint density at radius 3 is 2.70 bits per heavy atom. The van der Waals surface area contributed by atoms with Crippen LogP contribution < -0.4 is 5.32 Å². The SMILES string of the molecule is C=C(C)NC(C)CCOC. The van der Waals surface area contributed by atoms with Crippen molar-refractivity contribution in [3.8, 4) is 0 Å². The van der Waals surface area contributed by atoms with E-state index in [-0.39, 0.29) is 0 Å². The van der Waals surface area contributed by atoms with Crippen molar-refractivity contribution >= 4 is 0 Å². The zero-order valence-corrected chi connectivity index (χ0v) is 7.11. The molecule has 0 saturated heterocycles. The van der Waals surface area contributed by atoms with Crippen molar-refractivity contribution in [1.29, 1.82) is 0 Å². The highest BCUT2D eigenvalue weighted by atomic mass is 16.5. The second-order valence-electron chi connectivity index (χ2n) is 2.61. The van der Waals surface area contributed by atoms with Crippen LogP contribution in [-0.4, -0.2) is 19.8 Å². The fraction of sp³-hybridized carbons (Fsp3) is 0.750. The third-order valence-corrected chi connectivity index (χ3v) is 1.25. The maximum Gasteiger partial charge on any atom is 0.0481 e. The largest absolute Gasteiger partial charge is 0.387 e. The van der Waals surface area contributed by atoms with Gasteiger partial charge in [0, 0.05) is 25.5 Å². The van der Waals surface area contributed by atoms with Gasteiger partial charge in [-0.05, 0) is 20.3 Å². The van der Waals surface area contributed by atoms with E-state index < -0.39 is 0 Å². The monoisotopic (exact) mass is 143 g/mol. The van der Waals surface area contributed by atoms with E-state index in [1.54, 1.807) is 7.11 Å². The highest BCUT2D eigenvalue weighted by Gasteiger charge is 1.97. The van der Waals surface area contributed by atoms with Gasteiger partial charge in [0.2, 0.25) is 0 Å². The normalized spacial score (nSPS) is 12.7. The van der Waals surface area contributed by atoms with Crippen LogP contribution in [0.2, 0.25) is 0 Å². The second kappa shape index (κ2) is 5.30. The molecule has 1 N–H and O–H groups in total. The number of hydrogen-bond donors (Lipinski definition) is 1. The Labute approximate surface area is 63.3 Å². The minimum atomic E-state index is 0.470. The van der Waals surface area contributed by atoms with Crippen molar-refractivity contribution in [1.82, 2.24) is 5.32 Å². The zero-order chi connectivity index (χ0) is 7.98. The predicted octanol–water partition coefficient (Wildman–Crippen LogP) is 1.53. The smallest absolute Gasteiger partial charge is 0.0481 e. The van der Waals surface area contributed by atoms with Crippen molar-refractivity contribution in [3.05, 3.63) is 12.3 Å². The minimum absolute atomic E-state index is 0.470. The molecule has 0 bridgehead atoms. The highest BCUT2D eigenvalue weighted by Crippen LogP contribution is 1.93. The van der Waals surface area contributed by atoms with E-state index in [0.29, 0.717) is 6.04 Å². The lowest BCUT2D eigenvalue weighted by atomic mass is 10.2. The van der Waals surface area contributed by atoms with Crippen LogP contribution in [0.1, 0.15) is 20.3 Å². The molecule has 0 saturated carbocycles. The van der Waals surface area contributed by atoms with Crippen molar-refractivity contribution in [3.63, 3.8) is 0 Å². The zero-order valence-electron chi connectivity index (χ0n) is 7.11. The van der Waals surface area contributed by atoms with Gasteiger partial charge in [-0.2, -0.15) is 0 Å². The summed E-state index contributed by atoms with van der Waals surface area (Å²) >= 11 is 0. The lowest BCUT2D eigenvalue weighted by Crippen LogP contribution is -2.24. The van der Waals surface area contributed by atoms with Gasteiger partial charge >= 0.3 is 0 Å². The van der Waals surface area contributed by atoms with Crippen LogP contribution >= 0.6 is 0 Å². The van der Waals surface area contributed by atoms with Crippen LogP contribution in [0.3, 0.4) is 0 Å². The van der Waals surface area contributed by atoms with Gasteiger partial charge in [-0.15, -0.1) is 0 Å². The molecule has 0 rings (SSSR count). The first-order valence-corrected chi connectivity index (χ1v) is 3.57. The standard InChI is InChI=1S/C8H17NO/c1-7(2)9-8(3)5-6-10-4/h8-9H,1,5-6H2,2-4H3. The van der Waals surface area contributed by atoms with Gasteiger partial charge in [0.25, 0.3) is 0 Å². The Kier molecular flexibility index (Phi) is 5.03. The Bertz CT molecular complexity index is 101. The molecule has 2 heteroatoms. The first kappa shape index (κ1) is 9.50. The number of hydrogen-bond acceptors (Lipinski definition) is 2. The molecule has 60 valence electrons. The second-order valence-corrected chi connectivity index (χ2v) is 2.61. The van der Waals surface area contributed by atoms with Crippen molar-refractivity contribution in [2.24, 2.45) is 0 Å². The fourth-order valence-electron chi connectivity index (χ4n) is 0.787. The van der Waals surface area contributed by atoms with Crippen LogP contribution in [0.5, 0.6) is 0 Å². The molecular formula is C8H17NO. The minimum Gasteiger partial charge on any atom is -0.387 e. The van der Waals surface area contributed by atoms with Crippen molar-refractivity contribution in [2.75, 3.05) is 13.7 Å². The Balaban J connectivity index is 3.25. The number of nitrogens with one attached hydrogen (secondary N) is 1. The third-order valence-electron chi connectivity index (χ3n) is 1.25. The summed E-state index contributed by atoms with van der Waals surface area (Å²) in [5.74, 6) is 0. The number of allylic oxidation sites excluding steroid dienone is 1. The molecule has 2 nitrogen and oxygen atoms in total. The van der Waals surface area contributed by atoms with Gasteiger partial charge in [0.05, 0.1) is 0 Å². The van der Waals surface area contributed by atoms with Gasteiger partial charge in [-0.1, -0.05) is 6.58 Å². The Hall–Kier alpha value is -0.500. The first-order valence-electron chi connectivity index (χ1n) is 3.57. The summed E-state index contributed by atoms with van der Waals surface area (Å²) in [6, 6.07) is 0.470. The molecular weight excluding hydrogens is 126 g/mol. The molecule has 10 heavy (non-hydrogen) atoms. The molecule has 0 spiro atoms. The molecule has 0 aliphatic heterocycles. The summed E-state index contributed by atoms with van der Waals surface area (Å²) in [4.78, 5) is 0.